The van der Waals surface area contributed by atoms with E-state index in [1.54, 1.807) is 0 Å². The number of anilines is 3. The highest BCUT2D eigenvalue weighted by atomic mass is 16.5. The second kappa shape index (κ2) is 11.0. The molecule has 0 unspecified atom stereocenters. The minimum atomic E-state index is -0.241. The van der Waals surface area contributed by atoms with E-state index in [4.69, 9.17) is 4.65 Å². The highest BCUT2D eigenvalue weighted by molar-refractivity contribution is 6.17. The lowest BCUT2D eigenvalue weighted by Gasteiger charge is -2.28. The van der Waals surface area contributed by atoms with Gasteiger partial charge in [0.05, 0.1) is 0 Å². The Bertz CT molecular complexity index is 1800. The summed E-state index contributed by atoms with van der Waals surface area (Å²) < 4.78 is 5.31. The zero-order chi connectivity index (χ0) is 29.4. The minimum absolute atomic E-state index is 0.241. The summed E-state index contributed by atoms with van der Waals surface area (Å²) in [4.78, 5) is 2.33. The molecule has 0 bridgehead atoms. The highest BCUT2D eigenvalue weighted by Gasteiger charge is 2.36. The average Bonchev–Trinajstić information content (AvgIpc) is 3.28. The lowest BCUT2D eigenvalue weighted by atomic mass is 9.82. The van der Waals surface area contributed by atoms with Gasteiger partial charge in [0.25, 0.3) is 0 Å². The van der Waals surface area contributed by atoms with Crippen LogP contribution in [-0.2, 0) is 5.41 Å². The van der Waals surface area contributed by atoms with Crippen LogP contribution in [0.1, 0.15) is 25.0 Å². The Morgan fingerprint density at radius 1 is 0.512 bits per heavy atom. The summed E-state index contributed by atoms with van der Waals surface area (Å²) in [5.41, 5.74) is 12.7. The summed E-state index contributed by atoms with van der Waals surface area (Å²) in [7, 11) is 0.735. The van der Waals surface area contributed by atoms with Gasteiger partial charge in [-0.05, 0) is 93.0 Å². The topological polar surface area (TPSA) is 32.7 Å². The summed E-state index contributed by atoms with van der Waals surface area (Å²) in [5, 5.41) is 9.20. The Labute approximate surface area is 254 Å². The first-order valence-electron chi connectivity index (χ1n) is 14.6. The molecule has 0 aromatic heterocycles. The van der Waals surface area contributed by atoms with Crippen molar-refractivity contribution < 1.29 is 9.68 Å². The molecule has 0 atom stereocenters. The van der Waals surface area contributed by atoms with Crippen molar-refractivity contribution in [3.63, 3.8) is 0 Å². The van der Waals surface area contributed by atoms with Crippen molar-refractivity contribution in [1.29, 1.82) is 0 Å². The molecule has 6 aromatic carbocycles. The standard InChI is InChI=1S/C39H31BNO2/c1-39(2)37-25-33(21-23-35(37)36-24-22-34(43-40-42)26-38(36)39)41(31-17-13-29(14-18-31)27-9-5-3-6-10-27)32-19-15-30(16-20-32)28-11-7-4-8-12-28/h3-26,42H,1-2H3. The van der Waals surface area contributed by atoms with Gasteiger partial charge in [-0.25, -0.2) is 0 Å². The third kappa shape index (κ3) is 4.90. The van der Waals surface area contributed by atoms with Gasteiger partial charge in [0.15, 0.2) is 0 Å². The van der Waals surface area contributed by atoms with Crippen molar-refractivity contribution >= 4 is 24.7 Å². The molecule has 3 nitrogen and oxygen atoms in total. The fourth-order valence-electron chi connectivity index (χ4n) is 6.29. The predicted molar refractivity (Wildman–Crippen MR) is 178 cm³/mol. The zero-order valence-electron chi connectivity index (χ0n) is 24.2. The lowest BCUT2D eigenvalue weighted by molar-refractivity contribution is 0.453. The molecular weight excluding hydrogens is 525 g/mol. The number of fused-ring (bicyclic) bond motifs is 3. The molecule has 43 heavy (non-hydrogen) atoms. The van der Waals surface area contributed by atoms with E-state index in [1.807, 2.05) is 24.3 Å². The smallest absolute Gasteiger partial charge is 0.537 e. The Kier molecular flexibility index (Phi) is 6.85. The van der Waals surface area contributed by atoms with Gasteiger partial charge in [-0.3, -0.25) is 0 Å². The minimum Gasteiger partial charge on any atom is -0.537 e. The summed E-state index contributed by atoms with van der Waals surface area (Å²) in [6.45, 7) is 4.50. The van der Waals surface area contributed by atoms with Crippen molar-refractivity contribution in [2.24, 2.45) is 0 Å². The molecule has 0 spiro atoms. The van der Waals surface area contributed by atoms with Gasteiger partial charge in [-0.2, -0.15) is 0 Å². The zero-order valence-corrected chi connectivity index (χ0v) is 24.2. The Hall–Kier alpha value is -5.06. The van der Waals surface area contributed by atoms with Crippen LogP contribution in [0.2, 0.25) is 0 Å². The van der Waals surface area contributed by atoms with Crippen LogP contribution < -0.4 is 9.55 Å². The quantitative estimate of drug-likeness (QED) is 0.199. The molecular formula is C39H31BNO2. The average molecular weight is 556 g/mol. The maximum Gasteiger partial charge on any atom is 0.569 e. The van der Waals surface area contributed by atoms with Crippen LogP contribution in [0, 0.1) is 0 Å². The van der Waals surface area contributed by atoms with Crippen LogP contribution >= 0.6 is 0 Å². The molecule has 207 valence electrons. The molecule has 1 N–H and O–H groups in total. The maximum absolute atomic E-state index is 9.20. The van der Waals surface area contributed by atoms with E-state index in [2.05, 4.69) is 140 Å². The third-order valence-electron chi connectivity index (χ3n) is 8.54. The molecule has 1 aliphatic rings. The van der Waals surface area contributed by atoms with Gasteiger partial charge in [-0.15, -0.1) is 0 Å². The van der Waals surface area contributed by atoms with Gasteiger partial charge < -0.3 is 14.6 Å². The highest BCUT2D eigenvalue weighted by Crippen LogP contribution is 2.51. The number of hydrogen-bond donors (Lipinski definition) is 1. The van der Waals surface area contributed by atoms with Crippen LogP contribution in [0.5, 0.6) is 5.75 Å². The molecule has 0 saturated heterocycles. The van der Waals surface area contributed by atoms with E-state index in [-0.39, 0.29) is 5.41 Å². The summed E-state index contributed by atoms with van der Waals surface area (Å²) in [6.07, 6.45) is 0. The lowest BCUT2D eigenvalue weighted by Crippen LogP contribution is -2.17. The van der Waals surface area contributed by atoms with Crippen molar-refractivity contribution in [2.45, 2.75) is 19.3 Å². The second-order valence-electron chi connectivity index (χ2n) is 11.4. The molecule has 1 radical (unpaired) electrons. The molecule has 4 heteroatoms. The van der Waals surface area contributed by atoms with Gasteiger partial charge in [0, 0.05) is 22.5 Å². The summed E-state index contributed by atoms with van der Waals surface area (Å²) in [6, 6.07) is 51.4. The number of rotatable bonds is 7. The van der Waals surface area contributed by atoms with Gasteiger partial charge in [0.2, 0.25) is 0 Å². The molecule has 6 aromatic rings. The van der Waals surface area contributed by atoms with Crippen molar-refractivity contribution in [1.82, 2.24) is 0 Å². The Balaban J connectivity index is 1.32. The molecule has 0 amide bonds. The molecule has 7 rings (SSSR count). The Morgan fingerprint density at radius 2 is 0.953 bits per heavy atom. The van der Waals surface area contributed by atoms with E-state index in [1.165, 1.54) is 44.5 Å². The number of hydrogen-bond acceptors (Lipinski definition) is 3. The molecule has 1 aliphatic carbocycles. The van der Waals surface area contributed by atoms with Gasteiger partial charge >= 0.3 is 7.69 Å². The maximum atomic E-state index is 9.20. The molecule has 0 heterocycles. The first-order chi connectivity index (χ1) is 21.0. The van der Waals surface area contributed by atoms with Crippen molar-refractivity contribution in [2.75, 3.05) is 4.90 Å². The fraction of sp³-hybridized carbons (Fsp3) is 0.0769. The number of benzene rings is 6. The van der Waals surface area contributed by atoms with Crippen LogP contribution in [0.25, 0.3) is 33.4 Å². The van der Waals surface area contributed by atoms with Crippen LogP contribution in [0.15, 0.2) is 146 Å². The van der Waals surface area contributed by atoms with Gasteiger partial charge in [-0.1, -0.05) is 111 Å². The SMILES string of the molecule is CC1(C)c2cc(O[B]O)ccc2-c2ccc(N(c3ccc(-c4ccccc4)cc3)c3ccc(-c4ccccc4)cc3)cc21. The van der Waals surface area contributed by atoms with E-state index >= 15 is 0 Å². The second-order valence-corrected chi connectivity index (χ2v) is 11.4. The summed E-state index contributed by atoms with van der Waals surface area (Å²) in [5.74, 6) is 0.626. The van der Waals surface area contributed by atoms with Crippen LogP contribution in [0.4, 0.5) is 17.1 Å². The monoisotopic (exact) mass is 556 g/mol. The van der Waals surface area contributed by atoms with Crippen LogP contribution in [0.3, 0.4) is 0 Å². The first-order valence-corrected chi connectivity index (χ1v) is 14.6. The largest absolute Gasteiger partial charge is 0.569 e. The molecule has 0 saturated carbocycles. The summed E-state index contributed by atoms with van der Waals surface area (Å²) >= 11 is 0. The van der Waals surface area contributed by atoms with E-state index in [9.17, 15) is 5.02 Å². The third-order valence-corrected chi connectivity index (χ3v) is 8.54. The van der Waals surface area contributed by atoms with E-state index in [0.29, 0.717) is 5.75 Å². The molecule has 0 fully saturated rings. The Morgan fingerprint density at radius 3 is 1.47 bits per heavy atom. The number of nitrogens with zero attached hydrogens (tertiary/aromatic N) is 1. The fourth-order valence-corrected chi connectivity index (χ4v) is 6.29. The van der Waals surface area contributed by atoms with E-state index < -0.39 is 0 Å². The van der Waals surface area contributed by atoms with Gasteiger partial charge in [0.1, 0.15) is 5.75 Å². The normalized spacial score (nSPS) is 12.7. The predicted octanol–water partition coefficient (Wildman–Crippen LogP) is 9.70. The van der Waals surface area contributed by atoms with Crippen molar-refractivity contribution in [3.05, 3.63) is 157 Å². The first kappa shape index (κ1) is 26.8. The van der Waals surface area contributed by atoms with E-state index in [0.717, 1.165) is 24.7 Å². The van der Waals surface area contributed by atoms with Crippen LogP contribution in [-0.4, -0.2) is 12.7 Å². The molecule has 0 aliphatic heterocycles. The van der Waals surface area contributed by atoms with Crippen molar-refractivity contribution in [3.8, 4) is 39.1 Å².